The van der Waals surface area contributed by atoms with Crippen molar-refractivity contribution in [1.82, 2.24) is 0 Å². The molecular formula is C12H14F2O4S. The summed E-state index contributed by atoms with van der Waals surface area (Å²) in [6.45, 7) is -2.89. The first kappa shape index (κ1) is 14.2. The van der Waals surface area contributed by atoms with E-state index in [4.69, 9.17) is 0 Å². The van der Waals surface area contributed by atoms with Crippen LogP contribution in [0.25, 0.3) is 0 Å². The molecule has 0 spiro atoms. The van der Waals surface area contributed by atoms with Crippen LogP contribution in [0.2, 0.25) is 0 Å². The molecule has 19 heavy (non-hydrogen) atoms. The molecule has 1 fully saturated rings. The number of aliphatic hydroxyl groups is 1. The maximum atomic E-state index is 12.0. The van der Waals surface area contributed by atoms with E-state index in [0.717, 1.165) is 0 Å². The third-order valence-corrected chi connectivity index (χ3v) is 4.95. The highest BCUT2D eigenvalue weighted by molar-refractivity contribution is 7.91. The smallest absolute Gasteiger partial charge is 0.387 e. The van der Waals surface area contributed by atoms with Crippen LogP contribution in [0.4, 0.5) is 8.78 Å². The Morgan fingerprint density at radius 1 is 1.26 bits per heavy atom. The van der Waals surface area contributed by atoms with Gasteiger partial charge in [-0.2, -0.15) is 8.78 Å². The number of halogens is 2. The van der Waals surface area contributed by atoms with Crippen molar-refractivity contribution in [2.24, 2.45) is 5.92 Å². The van der Waals surface area contributed by atoms with Crippen molar-refractivity contribution in [3.8, 4) is 5.75 Å². The third kappa shape index (κ3) is 3.63. The molecule has 1 N–H and O–H groups in total. The van der Waals surface area contributed by atoms with Gasteiger partial charge in [0, 0.05) is 5.92 Å². The number of alkyl halides is 2. The Kier molecular flexibility index (Phi) is 4.05. The van der Waals surface area contributed by atoms with Gasteiger partial charge < -0.3 is 9.84 Å². The van der Waals surface area contributed by atoms with Crippen LogP contribution in [0.5, 0.6) is 5.75 Å². The molecule has 4 nitrogen and oxygen atoms in total. The molecule has 7 heteroatoms. The SMILES string of the molecule is O=S1(=O)CCC(C(O)c2ccc(OC(F)F)cc2)C1. The highest BCUT2D eigenvalue weighted by Crippen LogP contribution is 2.32. The maximum absolute atomic E-state index is 12.0. The summed E-state index contributed by atoms with van der Waals surface area (Å²) < 4.78 is 50.8. The number of ether oxygens (including phenoxy) is 1. The van der Waals surface area contributed by atoms with E-state index < -0.39 is 22.6 Å². The molecule has 0 bridgehead atoms. The molecule has 106 valence electrons. The van der Waals surface area contributed by atoms with Crippen molar-refractivity contribution in [2.45, 2.75) is 19.1 Å². The number of aliphatic hydroxyl groups excluding tert-OH is 1. The Hall–Kier alpha value is -1.21. The first-order valence-corrected chi connectivity index (χ1v) is 7.63. The quantitative estimate of drug-likeness (QED) is 0.918. The van der Waals surface area contributed by atoms with Gasteiger partial charge in [0.15, 0.2) is 9.84 Å². The maximum Gasteiger partial charge on any atom is 0.387 e. The van der Waals surface area contributed by atoms with Crippen molar-refractivity contribution >= 4 is 9.84 Å². The van der Waals surface area contributed by atoms with E-state index in [1.165, 1.54) is 24.3 Å². The van der Waals surface area contributed by atoms with Crippen LogP contribution < -0.4 is 4.74 Å². The minimum Gasteiger partial charge on any atom is -0.435 e. The van der Waals surface area contributed by atoms with Gasteiger partial charge in [0.25, 0.3) is 0 Å². The molecule has 1 saturated heterocycles. The van der Waals surface area contributed by atoms with Gasteiger partial charge in [0.05, 0.1) is 17.6 Å². The molecule has 0 aromatic heterocycles. The highest BCUT2D eigenvalue weighted by Gasteiger charge is 2.33. The van der Waals surface area contributed by atoms with E-state index >= 15 is 0 Å². The summed E-state index contributed by atoms with van der Waals surface area (Å²) in [6, 6.07) is 5.59. The molecule has 0 amide bonds. The van der Waals surface area contributed by atoms with E-state index in [0.29, 0.717) is 12.0 Å². The van der Waals surface area contributed by atoms with Gasteiger partial charge >= 0.3 is 6.61 Å². The first-order chi connectivity index (χ1) is 8.87. The fourth-order valence-corrected chi connectivity index (χ4v) is 4.02. The lowest BCUT2D eigenvalue weighted by atomic mass is 9.95. The van der Waals surface area contributed by atoms with Gasteiger partial charge in [-0.3, -0.25) is 0 Å². The second-order valence-electron chi connectivity index (χ2n) is 4.56. The predicted molar refractivity (Wildman–Crippen MR) is 64.8 cm³/mol. The van der Waals surface area contributed by atoms with Gasteiger partial charge in [-0.25, -0.2) is 8.42 Å². The van der Waals surface area contributed by atoms with Crippen LogP contribution in [-0.4, -0.2) is 31.6 Å². The largest absolute Gasteiger partial charge is 0.435 e. The molecule has 1 aliphatic heterocycles. The van der Waals surface area contributed by atoms with Crippen LogP contribution >= 0.6 is 0 Å². The molecule has 0 saturated carbocycles. The Balaban J connectivity index is 2.06. The molecule has 0 aliphatic carbocycles. The van der Waals surface area contributed by atoms with Crippen molar-refractivity contribution in [1.29, 1.82) is 0 Å². The lowest BCUT2D eigenvalue weighted by Gasteiger charge is -2.17. The number of hydrogen-bond acceptors (Lipinski definition) is 4. The normalized spacial score (nSPS) is 23.5. The zero-order valence-corrected chi connectivity index (χ0v) is 10.8. The van der Waals surface area contributed by atoms with Crippen molar-refractivity contribution in [3.63, 3.8) is 0 Å². The summed E-state index contributed by atoms with van der Waals surface area (Å²) in [6.07, 6.45) is -0.489. The first-order valence-electron chi connectivity index (χ1n) is 5.81. The minimum absolute atomic E-state index is 0.00462. The Labute approximate surface area is 109 Å². The fraction of sp³-hybridized carbons (Fsp3) is 0.500. The Morgan fingerprint density at radius 3 is 2.37 bits per heavy atom. The molecule has 1 aromatic rings. The standard InChI is InChI=1S/C12H14F2O4S/c13-12(14)18-10-3-1-8(2-4-10)11(15)9-5-6-19(16,17)7-9/h1-4,9,11-12,15H,5-7H2. The lowest BCUT2D eigenvalue weighted by Crippen LogP contribution is -2.14. The molecule has 2 atom stereocenters. The van der Waals surface area contributed by atoms with Crippen LogP contribution in [-0.2, 0) is 9.84 Å². The van der Waals surface area contributed by atoms with Crippen molar-refractivity contribution in [2.75, 3.05) is 11.5 Å². The van der Waals surface area contributed by atoms with Gasteiger partial charge in [-0.05, 0) is 24.1 Å². The monoisotopic (exact) mass is 292 g/mol. The van der Waals surface area contributed by atoms with Gasteiger partial charge in [0.1, 0.15) is 5.75 Å². The molecule has 1 aliphatic rings. The van der Waals surface area contributed by atoms with Crippen LogP contribution in [0.3, 0.4) is 0 Å². The van der Waals surface area contributed by atoms with Crippen molar-refractivity contribution < 1.29 is 27.0 Å². The Morgan fingerprint density at radius 2 is 1.89 bits per heavy atom. The predicted octanol–water partition coefficient (Wildman–Crippen LogP) is 1.76. The summed E-state index contributed by atoms with van der Waals surface area (Å²) in [7, 11) is -3.06. The number of sulfone groups is 1. The average molecular weight is 292 g/mol. The average Bonchev–Trinajstić information content (AvgIpc) is 2.69. The molecular weight excluding hydrogens is 278 g/mol. The minimum atomic E-state index is -3.06. The summed E-state index contributed by atoms with van der Waals surface area (Å²) in [5, 5.41) is 10.1. The second kappa shape index (κ2) is 5.42. The molecule has 1 aromatic carbocycles. The van der Waals surface area contributed by atoms with E-state index in [1.54, 1.807) is 0 Å². The summed E-state index contributed by atoms with van der Waals surface area (Å²) in [5.74, 6) is -0.290. The van der Waals surface area contributed by atoms with Gasteiger partial charge in [0.2, 0.25) is 0 Å². The van der Waals surface area contributed by atoms with Gasteiger partial charge in [-0.1, -0.05) is 12.1 Å². The molecule has 2 unspecified atom stereocenters. The molecule has 1 heterocycles. The molecule has 0 radical (unpaired) electrons. The third-order valence-electron chi connectivity index (χ3n) is 3.16. The van der Waals surface area contributed by atoms with E-state index in [1.807, 2.05) is 0 Å². The van der Waals surface area contributed by atoms with Gasteiger partial charge in [-0.15, -0.1) is 0 Å². The Bertz CT molecular complexity index is 527. The highest BCUT2D eigenvalue weighted by atomic mass is 32.2. The van der Waals surface area contributed by atoms with Crippen LogP contribution in [0.15, 0.2) is 24.3 Å². The van der Waals surface area contributed by atoms with E-state index in [9.17, 15) is 22.3 Å². The van der Waals surface area contributed by atoms with Crippen LogP contribution in [0.1, 0.15) is 18.1 Å². The van der Waals surface area contributed by atoms with E-state index in [-0.39, 0.29) is 23.2 Å². The van der Waals surface area contributed by atoms with E-state index in [2.05, 4.69) is 4.74 Å². The number of benzene rings is 1. The van der Waals surface area contributed by atoms with Crippen LogP contribution in [0, 0.1) is 5.92 Å². The summed E-state index contributed by atoms with van der Waals surface area (Å²) in [4.78, 5) is 0. The topological polar surface area (TPSA) is 63.6 Å². The zero-order valence-electron chi connectivity index (χ0n) is 10.00. The zero-order chi connectivity index (χ0) is 14.0. The lowest BCUT2D eigenvalue weighted by molar-refractivity contribution is -0.0498. The second-order valence-corrected chi connectivity index (χ2v) is 6.78. The van der Waals surface area contributed by atoms with Crippen molar-refractivity contribution in [3.05, 3.63) is 29.8 Å². The fourth-order valence-electron chi connectivity index (χ4n) is 2.19. The molecule has 2 rings (SSSR count). The summed E-state index contributed by atoms with van der Waals surface area (Å²) in [5.41, 5.74) is 0.503. The number of rotatable bonds is 4. The number of hydrogen-bond donors (Lipinski definition) is 1. The summed E-state index contributed by atoms with van der Waals surface area (Å²) >= 11 is 0.